The van der Waals surface area contributed by atoms with E-state index in [0.717, 1.165) is 0 Å². The van der Waals surface area contributed by atoms with Gasteiger partial charge in [0.1, 0.15) is 5.75 Å². The molecule has 6 nitrogen and oxygen atoms in total. The average molecular weight is 440 g/mol. The summed E-state index contributed by atoms with van der Waals surface area (Å²) in [6.07, 6.45) is 0. The molecule has 9 heteroatoms. The van der Waals surface area contributed by atoms with Crippen LogP contribution in [0.25, 0.3) is 0 Å². The number of anilines is 1. The van der Waals surface area contributed by atoms with E-state index in [1.807, 2.05) is 6.07 Å². The first-order valence-corrected chi connectivity index (χ1v) is 10.8. The van der Waals surface area contributed by atoms with E-state index in [9.17, 15) is 8.42 Å². The molecule has 3 aromatic rings. The van der Waals surface area contributed by atoms with Crippen molar-refractivity contribution in [2.45, 2.75) is 26.3 Å². The van der Waals surface area contributed by atoms with E-state index >= 15 is 0 Å². The number of aromatic nitrogens is 2. The number of rotatable bonds is 7. The van der Waals surface area contributed by atoms with Crippen LogP contribution in [-0.4, -0.2) is 18.2 Å². The van der Waals surface area contributed by atoms with Gasteiger partial charge in [-0.15, -0.1) is 0 Å². The minimum Gasteiger partial charge on any atom is -0.470 e. The Morgan fingerprint density at radius 3 is 2.50 bits per heavy atom. The highest BCUT2D eigenvalue weighted by molar-refractivity contribution is 7.91. The van der Waals surface area contributed by atoms with Gasteiger partial charge >= 0.3 is 0 Å². The van der Waals surface area contributed by atoms with E-state index in [-0.39, 0.29) is 12.5 Å². The van der Waals surface area contributed by atoms with Gasteiger partial charge in [-0.25, -0.2) is 13.1 Å². The second kappa shape index (κ2) is 8.43. The molecular formula is C19H19Cl2N3O3S. The first-order chi connectivity index (χ1) is 13.2. The van der Waals surface area contributed by atoms with Crippen molar-refractivity contribution in [3.63, 3.8) is 0 Å². The van der Waals surface area contributed by atoms with E-state index < -0.39 is 10.0 Å². The minimum absolute atomic E-state index is 0.0778. The molecule has 1 aromatic heterocycles. The monoisotopic (exact) mass is 439 g/mol. The molecule has 2 aromatic carbocycles. The van der Waals surface area contributed by atoms with E-state index in [1.165, 1.54) is 0 Å². The van der Waals surface area contributed by atoms with Crippen LogP contribution in [0.5, 0.6) is 5.75 Å². The summed E-state index contributed by atoms with van der Waals surface area (Å²) in [7, 11) is -3.58. The lowest BCUT2D eigenvalue weighted by Gasteiger charge is -2.11. The van der Waals surface area contributed by atoms with Crippen molar-refractivity contribution < 1.29 is 13.2 Å². The Kier molecular flexibility index (Phi) is 6.17. The minimum atomic E-state index is -3.58. The fourth-order valence-electron chi connectivity index (χ4n) is 2.68. The molecule has 0 saturated heterocycles. The van der Waals surface area contributed by atoms with E-state index in [2.05, 4.69) is 9.82 Å². The van der Waals surface area contributed by atoms with Gasteiger partial charge in [0.05, 0.1) is 27.9 Å². The van der Waals surface area contributed by atoms with Crippen LogP contribution in [0.15, 0.2) is 48.5 Å². The van der Waals surface area contributed by atoms with E-state index in [0.29, 0.717) is 38.4 Å². The number of hydrogen-bond acceptors (Lipinski definition) is 4. The van der Waals surface area contributed by atoms with Gasteiger partial charge in [-0.05, 0) is 37.6 Å². The smallest absolute Gasteiger partial charge is 0.237 e. The molecule has 0 aliphatic rings. The first kappa shape index (κ1) is 20.5. The summed E-state index contributed by atoms with van der Waals surface area (Å²) in [5, 5.41) is 5.26. The molecule has 0 atom stereocenters. The molecule has 0 unspecified atom stereocenters. The summed E-state index contributed by atoms with van der Waals surface area (Å²) in [4.78, 5) is 0. The number of benzene rings is 2. The Bertz CT molecular complexity index is 1080. The number of ether oxygens (including phenoxy) is 1. The van der Waals surface area contributed by atoms with Gasteiger partial charge in [0.15, 0.2) is 6.73 Å². The maximum Gasteiger partial charge on any atom is 0.237 e. The fourth-order valence-corrected chi connectivity index (χ4v) is 4.45. The zero-order valence-electron chi connectivity index (χ0n) is 15.3. The Hall–Kier alpha value is -2.22. The maximum atomic E-state index is 12.5. The van der Waals surface area contributed by atoms with Crippen LogP contribution >= 0.6 is 23.2 Å². The molecule has 0 aliphatic heterocycles. The third-order valence-electron chi connectivity index (χ3n) is 4.07. The summed E-state index contributed by atoms with van der Waals surface area (Å²) in [5.74, 6) is 0.347. The number of sulfonamides is 1. The Labute approximate surface area is 174 Å². The van der Waals surface area contributed by atoms with Gasteiger partial charge in [-0.2, -0.15) is 5.10 Å². The molecule has 28 heavy (non-hydrogen) atoms. The molecule has 0 radical (unpaired) electrons. The predicted molar refractivity (Wildman–Crippen MR) is 111 cm³/mol. The number of nitrogens with zero attached hydrogens (tertiary/aromatic N) is 2. The van der Waals surface area contributed by atoms with E-state index in [1.54, 1.807) is 61.0 Å². The molecule has 1 heterocycles. The number of aryl methyl sites for hydroxylation is 1. The van der Waals surface area contributed by atoms with Crippen molar-refractivity contribution in [1.29, 1.82) is 0 Å². The van der Waals surface area contributed by atoms with Crippen LogP contribution < -0.4 is 9.46 Å². The standard InChI is InChI=1S/C19H19Cl2N3O3S/c1-13-19(23-28(25,26)11-15-6-4-3-5-7-15)14(2)24(22-13)12-27-18-9-8-16(20)10-17(18)21/h3-10,23H,11-12H2,1-2H3. The summed E-state index contributed by atoms with van der Waals surface area (Å²) in [5.41, 5.74) is 2.35. The highest BCUT2D eigenvalue weighted by Crippen LogP contribution is 2.28. The zero-order chi connectivity index (χ0) is 20.3. The highest BCUT2D eigenvalue weighted by atomic mass is 35.5. The lowest BCUT2D eigenvalue weighted by molar-refractivity contribution is 0.218. The Morgan fingerprint density at radius 1 is 1.11 bits per heavy atom. The first-order valence-electron chi connectivity index (χ1n) is 8.41. The van der Waals surface area contributed by atoms with Crippen LogP contribution in [0.1, 0.15) is 17.0 Å². The molecule has 0 aliphatic carbocycles. The zero-order valence-corrected chi connectivity index (χ0v) is 17.6. The molecule has 148 valence electrons. The summed E-state index contributed by atoms with van der Waals surface area (Å²) in [6, 6.07) is 13.9. The predicted octanol–water partition coefficient (Wildman–Crippen LogP) is 4.79. The van der Waals surface area contributed by atoms with Gasteiger partial charge < -0.3 is 4.74 Å². The molecular weight excluding hydrogens is 421 g/mol. The number of halogens is 2. The molecule has 0 spiro atoms. The van der Waals surface area contributed by atoms with Crippen molar-refractivity contribution in [3.05, 3.63) is 75.5 Å². The summed E-state index contributed by atoms with van der Waals surface area (Å²) in [6.45, 7) is 3.58. The molecule has 0 fully saturated rings. The van der Waals surface area contributed by atoms with E-state index in [4.69, 9.17) is 27.9 Å². The third kappa shape index (κ3) is 4.98. The molecule has 3 rings (SSSR count). The maximum absolute atomic E-state index is 12.5. The lowest BCUT2D eigenvalue weighted by Crippen LogP contribution is -2.16. The largest absolute Gasteiger partial charge is 0.470 e. The van der Waals surface area contributed by atoms with Crippen molar-refractivity contribution in [1.82, 2.24) is 9.78 Å². The SMILES string of the molecule is Cc1nn(COc2ccc(Cl)cc2Cl)c(C)c1NS(=O)(=O)Cc1ccccc1. The second-order valence-corrected chi connectivity index (χ2v) is 8.81. The molecule has 1 N–H and O–H groups in total. The van der Waals surface area contributed by atoms with Gasteiger partial charge in [-0.1, -0.05) is 53.5 Å². The van der Waals surface area contributed by atoms with Gasteiger partial charge in [0.25, 0.3) is 0 Å². The Morgan fingerprint density at radius 2 is 1.82 bits per heavy atom. The van der Waals surface area contributed by atoms with Crippen LogP contribution in [-0.2, 0) is 22.5 Å². The van der Waals surface area contributed by atoms with Gasteiger partial charge in [0, 0.05) is 5.02 Å². The van der Waals surface area contributed by atoms with Crippen LogP contribution in [0.2, 0.25) is 10.0 Å². The van der Waals surface area contributed by atoms with Crippen LogP contribution in [0.4, 0.5) is 5.69 Å². The van der Waals surface area contributed by atoms with Crippen LogP contribution in [0, 0.1) is 13.8 Å². The molecule has 0 bridgehead atoms. The molecule has 0 saturated carbocycles. The summed E-state index contributed by atoms with van der Waals surface area (Å²) < 4.78 is 34.9. The topological polar surface area (TPSA) is 73.2 Å². The van der Waals surface area contributed by atoms with Crippen molar-refractivity contribution in [2.24, 2.45) is 0 Å². The number of hydrogen-bond donors (Lipinski definition) is 1. The fraction of sp³-hybridized carbons (Fsp3) is 0.211. The van der Waals surface area contributed by atoms with Gasteiger partial charge in [0.2, 0.25) is 10.0 Å². The average Bonchev–Trinajstić information content (AvgIpc) is 2.88. The normalized spacial score (nSPS) is 11.4. The van der Waals surface area contributed by atoms with Crippen molar-refractivity contribution in [2.75, 3.05) is 4.72 Å². The third-order valence-corrected chi connectivity index (χ3v) is 5.83. The Balaban J connectivity index is 1.74. The lowest BCUT2D eigenvalue weighted by atomic mass is 10.2. The highest BCUT2D eigenvalue weighted by Gasteiger charge is 2.19. The van der Waals surface area contributed by atoms with Crippen molar-refractivity contribution in [3.8, 4) is 5.75 Å². The summed E-state index contributed by atoms with van der Waals surface area (Å²) >= 11 is 12.0. The molecule has 0 amide bonds. The van der Waals surface area contributed by atoms with Crippen molar-refractivity contribution >= 4 is 38.9 Å². The number of nitrogens with one attached hydrogen (secondary N) is 1. The quantitative estimate of drug-likeness (QED) is 0.574. The van der Waals surface area contributed by atoms with Gasteiger partial charge in [-0.3, -0.25) is 4.72 Å². The second-order valence-electron chi connectivity index (χ2n) is 6.24. The van der Waals surface area contributed by atoms with Crippen LogP contribution in [0.3, 0.4) is 0 Å².